The lowest BCUT2D eigenvalue weighted by Crippen LogP contribution is -3.11. The molecule has 1 amide bonds. The average Bonchev–Trinajstić information content (AvgIpc) is 2.65. The molecule has 0 aromatic heterocycles. The third kappa shape index (κ3) is 4.83. The molecule has 1 heterocycles. The molecule has 0 spiro atoms. The molecule has 1 fully saturated rings. The molecule has 4 heteroatoms. The van der Waals surface area contributed by atoms with Gasteiger partial charge in [-0.25, -0.2) is 0 Å². The lowest BCUT2D eigenvalue weighted by molar-refractivity contribution is -0.919. The van der Waals surface area contributed by atoms with Crippen LogP contribution >= 0.6 is 11.6 Å². The van der Waals surface area contributed by atoms with Crippen LogP contribution in [0.2, 0.25) is 5.02 Å². The van der Waals surface area contributed by atoms with Crippen molar-refractivity contribution in [2.75, 3.05) is 13.1 Å². The molecule has 25 heavy (non-hydrogen) atoms. The number of amides is 1. The lowest BCUT2D eigenvalue weighted by Gasteiger charge is -2.29. The molecular weight excluding hydrogens is 332 g/mol. The maximum Gasteiger partial charge on any atom is 0.224 e. The van der Waals surface area contributed by atoms with Crippen molar-refractivity contribution < 1.29 is 9.69 Å². The fourth-order valence-electron chi connectivity index (χ4n) is 3.53. The van der Waals surface area contributed by atoms with Gasteiger partial charge in [-0.3, -0.25) is 4.79 Å². The van der Waals surface area contributed by atoms with Crippen molar-refractivity contribution in [2.45, 2.75) is 32.4 Å². The first-order valence-corrected chi connectivity index (χ1v) is 9.43. The van der Waals surface area contributed by atoms with Crippen LogP contribution in [0.1, 0.15) is 36.9 Å². The maximum absolute atomic E-state index is 12.6. The van der Waals surface area contributed by atoms with Crippen LogP contribution in [0, 0.1) is 5.92 Å². The van der Waals surface area contributed by atoms with Crippen LogP contribution in [-0.4, -0.2) is 19.0 Å². The van der Waals surface area contributed by atoms with Gasteiger partial charge < -0.3 is 10.2 Å². The summed E-state index contributed by atoms with van der Waals surface area (Å²) in [6.07, 6.45) is 1.88. The first-order valence-electron chi connectivity index (χ1n) is 9.06. The number of carbonyl (C=O) groups is 1. The van der Waals surface area contributed by atoms with Gasteiger partial charge in [0.05, 0.1) is 19.1 Å². The minimum Gasteiger partial charge on any atom is -0.349 e. The molecule has 0 radical (unpaired) electrons. The van der Waals surface area contributed by atoms with Crippen LogP contribution in [-0.2, 0) is 11.3 Å². The van der Waals surface area contributed by atoms with Gasteiger partial charge in [0.15, 0.2) is 0 Å². The molecule has 0 aliphatic carbocycles. The van der Waals surface area contributed by atoms with E-state index in [1.54, 1.807) is 0 Å². The minimum absolute atomic E-state index is 0.0576. The number of halogens is 1. The fraction of sp³-hybridized carbons (Fsp3) is 0.381. The first-order chi connectivity index (χ1) is 12.1. The summed E-state index contributed by atoms with van der Waals surface area (Å²) in [5, 5.41) is 4.01. The second-order valence-corrected chi connectivity index (χ2v) is 7.34. The number of likely N-dealkylation sites (tertiary alicyclic amines) is 1. The van der Waals surface area contributed by atoms with Crippen LogP contribution in [0.25, 0.3) is 0 Å². The van der Waals surface area contributed by atoms with E-state index in [-0.39, 0.29) is 17.9 Å². The largest absolute Gasteiger partial charge is 0.349 e. The van der Waals surface area contributed by atoms with Crippen LogP contribution in [0.15, 0.2) is 54.6 Å². The minimum atomic E-state index is 0.0576. The number of carbonyl (C=O) groups excluding carboxylic acids is 1. The Kier molecular flexibility index (Phi) is 6.11. The van der Waals surface area contributed by atoms with Crippen molar-refractivity contribution in [3.8, 4) is 0 Å². The van der Waals surface area contributed by atoms with Crippen molar-refractivity contribution in [3.05, 3.63) is 70.7 Å². The van der Waals surface area contributed by atoms with Gasteiger partial charge >= 0.3 is 0 Å². The highest BCUT2D eigenvalue weighted by molar-refractivity contribution is 6.31. The summed E-state index contributed by atoms with van der Waals surface area (Å²) in [7, 11) is 0. The van der Waals surface area contributed by atoms with Crippen molar-refractivity contribution in [1.29, 1.82) is 0 Å². The summed E-state index contributed by atoms with van der Waals surface area (Å²) in [6, 6.07) is 18.2. The van der Waals surface area contributed by atoms with Crippen LogP contribution in [0.3, 0.4) is 0 Å². The van der Waals surface area contributed by atoms with Gasteiger partial charge in [0, 0.05) is 29.3 Å². The van der Waals surface area contributed by atoms with Crippen molar-refractivity contribution in [1.82, 2.24) is 5.32 Å². The van der Waals surface area contributed by atoms with Crippen molar-refractivity contribution >= 4 is 17.5 Å². The quantitative estimate of drug-likeness (QED) is 0.847. The van der Waals surface area contributed by atoms with E-state index in [1.165, 1.54) is 10.5 Å². The van der Waals surface area contributed by atoms with E-state index in [9.17, 15) is 4.79 Å². The highest BCUT2D eigenvalue weighted by Gasteiger charge is 2.28. The highest BCUT2D eigenvalue weighted by Crippen LogP contribution is 2.17. The monoisotopic (exact) mass is 357 g/mol. The smallest absolute Gasteiger partial charge is 0.224 e. The molecule has 2 aromatic carbocycles. The van der Waals surface area contributed by atoms with Gasteiger partial charge in [-0.05, 0) is 18.6 Å². The predicted octanol–water partition coefficient (Wildman–Crippen LogP) is 3.01. The second-order valence-electron chi connectivity index (χ2n) is 6.93. The Morgan fingerprint density at radius 1 is 1.12 bits per heavy atom. The molecule has 0 saturated carbocycles. The Labute approximate surface area is 155 Å². The van der Waals surface area contributed by atoms with Gasteiger partial charge in [0.25, 0.3) is 0 Å². The lowest BCUT2D eigenvalue weighted by atomic mass is 9.95. The molecule has 2 N–H and O–H groups in total. The first kappa shape index (κ1) is 18.0. The van der Waals surface area contributed by atoms with Gasteiger partial charge in [-0.1, -0.05) is 60.1 Å². The summed E-state index contributed by atoms with van der Waals surface area (Å²) >= 11 is 6.26. The van der Waals surface area contributed by atoms with E-state index in [0.717, 1.165) is 43.1 Å². The van der Waals surface area contributed by atoms with Gasteiger partial charge in [-0.15, -0.1) is 0 Å². The zero-order chi connectivity index (χ0) is 17.6. The second kappa shape index (κ2) is 8.50. The zero-order valence-corrected chi connectivity index (χ0v) is 15.4. The molecule has 0 unspecified atom stereocenters. The molecule has 132 valence electrons. The topological polar surface area (TPSA) is 33.5 Å². The van der Waals surface area contributed by atoms with Crippen molar-refractivity contribution in [2.24, 2.45) is 5.92 Å². The van der Waals surface area contributed by atoms with Gasteiger partial charge in [-0.2, -0.15) is 0 Å². The summed E-state index contributed by atoms with van der Waals surface area (Å²) in [5.41, 5.74) is 2.34. The summed E-state index contributed by atoms with van der Waals surface area (Å²) in [4.78, 5) is 14.1. The Morgan fingerprint density at radius 3 is 2.44 bits per heavy atom. The number of benzene rings is 2. The maximum atomic E-state index is 12.6. The predicted molar refractivity (Wildman–Crippen MR) is 102 cm³/mol. The van der Waals surface area contributed by atoms with E-state index >= 15 is 0 Å². The van der Waals surface area contributed by atoms with E-state index in [2.05, 4.69) is 23.5 Å². The van der Waals surface area contributed by atoms with Gasteiger partial charge in [0.1, 0.15) is 6.54 Å². The molecule has 1 aliphatic heterocycles. The Morgan fingerprint density at radius 2 is 1.76 bits per heavy atom. The molecule has 3 nitrogen and oxygen atoms in total. The molecule has 1 saturated heterocycles. The Bertz CT molecular complexity index is 696. The van der Waals surface area contributed by atoms with Gasteiger partial charge in [0.2, 0.25) is 5.91 Å². The number of piperidine rings is 1. The number of rotatable bonds is 5. The van der Waals surface area contributed by atoms with E-state index in [4.69, 9.17) is 11.6 Å². The fourth-order valence-corrected chi connectivity index (χ4v) is 3.73. The molecule has 2 aromatic rings. The van der Waals surface area contributed by atoms with Crippen molar-refractivity contribution in [3.63, 3.8) is 0 Å². The van der Waals surface area contributed by atoms with E-state index in [1.807, 2.05) is 43.3 Å². The summed E-state index contributed by atoms with van der Waals surface area (Å²) in [6.45, 7) is 5.02. The average molecular weight is 358 g/mol. The number of quaternary nitrogens is 1. The van der Waals surface area contributed by atoms with Crippen LogP contribution in [0.5, 0.6) is 0 Å². The van der Waals surface area contributed by atoms with E-state index in [0.29, 0.717) is 0 Å². The molecule has 0 bridgehead atoms. The van der Waals surface area contributed by atoms with Crippen LogP contribution in [0.4, 0.5) is 0 Å². The summed E-state index contributed by atoms with van der Waals surface area (Å²) in [5.74, 6) is 0.314. The standard InChI is InChI=1S/C21H25ClN2O/c1-16(17-7-3-2-4-8-17)23-21(25)18-11-13-24(14-12-18)15-19-9-5-6-10-20(19)22/h2-10,16,18H,11-15H2,1H3,(H,23,25)/p+1/t16-/m1/s1. The zero-order valence-electron chi connectivity index (χ0n) is 14.7. The Hall–Kier alpha value is -1.84. The SMILES string of the molecule is C[C@@H](NC(=O)C1CC[NH+](Cc2ccccc2Cl)CC1)c1ccccc1. The third-order valence-corrected chi connectivity index (χ3v) is 5.49. The summed E-state index contributed by atoms with van der Waals surface area (Å²) < 4.78 is 0. The highest BCUT2D eigenvalue weighted by atomic mass is 35.5. The van der Waals surface area contributed by atoms with E-state index < -0.39 is 0 Å². The number of hydrogen-bond donors (Lipinski definition) is 2. The molecule has 3 rings (SSSR count). The molecular formula is C21H26ClN2O+. The molecule has 1 atom stereocenters. The third-order valence-electron chi connectivity index (χ3n) is 5.12. The Balaban J connectivity index is 1.48. The number of nitrogens with one attached hydrogen (secondary N) is 2. The normalized spacial score (nSPS) is 21.5. The molecule has 1 aliphatic rings. The van der Waals surface area contributed by atoms with Crippen LogP contribution < -0.4 is 10.2 Å². The number of hydrogen-bond acceptors (Lipinski definition) is 1.